The third-order valence-electron chi connectivity index (χ3n) is 4.20. The highest BCUT2D eigenvalue weighted by Crippen LogP contribution is 2.34. The molecule has 3 N–H and O–H groups in total. The van der Waals surface area contributed by atoms with Crippen LogP contribution < -0.4 is 10.5 Å². The van der Waals surface area contributed by atoms with Crippen molar-refractivity contribution in [2.75, 3.05) is 19.4 Å². The zero-order valence-corrected chi connectivity index (χ0v) is 13.0. The summed E-state index contributed by atoms with van der Waals surface area (Å²) < 4.78 is 32.8. The third kappa shape index (κ3) is 2.82. The Morgan fingerprint density at radius 2 is 1.90 bits per heavy atom. The minimum atomic E-state index is -3.60. The molecule has 1 aliphatic rings. The van der Waals surface area contributed by atoms with Crippen LogP contribution in [-0.2, 0) is 14.8 Å². The Labute approximate surface area is 120 Å². The van der Waals surface area contributed by atoms with E-state index >= 15 is 0 Å². The van der Waals surface area contributed by atoms with Gasteiger partial charge in [0, 0.05) is 13.7 Å². The first-order chi connectivity index (χ1) is 9.30. The molecule has 1 fully saturated rings. The maximum absolute atomic E-state index is 12.4. The van der Waals surface area contributed by atoms with Gasteiger partial charge in [-0.1, -0.05) is 0 Å². The summed E-state index contributed by atoms with van der Waals surface area (Å²) in [5.74, 6) is 0. The first-order valence-corrected chi connectivity index (χ1v) is 8.19. The summed E-state index contributed by atoms with van der Waals surface area (Å²) in [4.78, 5) is 0.145. The van der Waals surface area contributed by atoms with Gasteiger partial charge < -0.3 is 10.5 Å². The molecule has 1 saturated carbocycles. The molecule has 0 unspecified atom stereocenters. The molecule has 0 radical (unpaired) electrons. The summed E-state index contributed by atoms with van der Waals surface area (Å²) in [5, 5.41) is 0. The Morgan fingerprint density at radius 3 is 2.40 bits per heavy atom. The zero-order chi connectivity index (χ0) is 15.0. The Bertz CT molecular complexity index is 602. The number of benzene rings is 1. The number of nitrogens with two attached hydrogens (primary N) is 1. The molecule has 0 atom stereocenters. The van der Waals surface area contributed by atoms with Gasteiger partial charge in [-0.15, -0.1) is 0 Å². The molecule has 0 amide bonds. The van der Waals surface area contributed by atoms with Crippen LogP contribution in [0.25, 0.3) is 0 Å². The van der Waals surface area contributed by atoms with Gasteiger partial charge in [-0.05, 0) is 56.4 Å². The summed E-state index contributed by atoms with van der Waals surface area (Å²) >= 11 is 0. The second-order valence-electron chi connectivity index (χ2n) is 5.54. The summed E-state index contributed by atoms with van der Waals surface area (Å²) in [5.41, 5.74) is 7.66. The standard InChI is InChI=1S/C14H22N2O3S/c1-10-7-12(15)13(8-11(10)2)20(17,18)16-9-14(19-3)5-4-6-14/h7-8,16H,4-6,9,15H2,1-3H3. The van der Waals surface area contributed by atoms with E-state index in [1.165, 1.54) is 0 Å². The fourth-order valence-corrected chi connectivity index (χ4v) is 3.68. The minimum absolute atomic E-state index is 0.145. The van der Waals surface area contributed by atoms with Gasteiger partial charge in [-0.25, -0.2) is 13.1 Å². The molecular weight excluding hydrogens is 276 g/mol. The Kier molecular flexibility index (Phi) is 4.09. The molecule has 0 bridgehead atoms. The van der Waals surface area contributed by atoms with E-state index in [1.54, 1.807) is 19.2 Å². The van der Waals surface area contributed by atoms with E-state index in [9.17, 15) is 8.42 Å². The van der Waals surface area contributed by atoms with Crippen molar-refractivity contribution in [1.29, 1.82) is 0 Å². The molecule has 5 nitrogen and oxygen atoms in total. The number of nitrogens with one attached hydrogen (secondary N) is 1. The van der Waals surface area contributed by atoms with Crippen molar-refractivity contribution >= 4 is 15.7 Å². The number of nitrogen functional groups attached to an aromatic ring is 1. The molecule has 0 heterocycles. The average molecular weight is 298 g/mol. The average Bonchev–Trinajstić information content (AvgIpc) is 2.32. The molecule has 1 aromatic rings. The van der Waals surface area contributed by atoms with Crippen LogP contribution in [0.3, 0.4) is 0 Å². The number of hydrogen-bond donors (Lipinski definition) is 2. The van der Waals surface area contributed by atoms with Crippen molar-refractivity contribution < 1.29 is 13.2 Å². The van der Waals surface area contributed by atoms with Crippen LogP contribution in [0.1, 0.15) is 30.4 Å². The van der Waals surface area contributed by atoms with E-state index in [-0.39, 0.29) is 22.7 Å². The molecule has 2 rings (SSSR count). The van der Waals surface area contributed by atoms with Crippen molar-refractivity contribution in [1.82, 2.24) is 4.72 Å². The van der Waals surface area contributed by atoms with Gasteiger partial charge in [0.05, 0.1) is 11.3 Å². The van der Waals surface area contributed by atoms with Crippen molar-refractivity contribution in [3.05, 3.63) is 23.3 Å². The first kappa shape index (κ1) is 15.3. The fourth-order valence-electron chi connectivity index (χ4n) is 2.37. The van der Waals surface area contributed by atoms with Gasteiger partial charge in [-0.2, -0.15) is 0 Å². The molecule has 20 heavy (non-hydrogen) atoms. The molecule has 0 aromatic heterocycles. The molecule has 6 heteroatoms. The van der Waals surface area contributed by atoms with E-state index in [2.05, 4.69) is 4.72 Å². The topological polar surface area (TPSA) is 81.4 Å². The smallest absolute Gasteiger partial charge is 0.242 e. The van der Waals surface area contributed by atoms with Gasteiger partial charge >= 0.3 is 0 Å². The second kappa shape index (κ2) is 5.35. The highest BCUT2D eigenvalue weighted by atomic mass is 32.2. The molecule has 0 spiro atoms. The lowest BCUT2D eigenvalue weighted by Crippen LogP contribution is -2.49. The lowest BCUT2D eigenvalue weighted by Gasteiger charge is -2.40. The Hall–Kier alpha value is -1.11. The van der Waals surface area contributed by atoms with Crippen molar-refractivity contribution in [2.45, 2.75) is 43.6 Å². The predicted molar refractivity (Wildman–Crippen MR) is 79.1 cm³/mol. The van der Waals surface area contributed by atoms with E-state index < -0.39 is 10.0 Å². The summed E-state index contributed by atoms with van der Waals surface area (Å²) in [6.07, 6.45) is 2.84. The van der Waals surface area contributed by atoms with E-state index in [0.29, 0.717) is 0 Å². The van der Waals surface area contributed by atoms with Crippen LogP contribution in [0.15, 0.2) is 17.0 Å². The van der Waals surface area contributed by atoms with Gasteiger partial charge in [0.2, 0.25) is 10.0 Å². The fraction of sp³-hybridized carbons (Fsp3) is 0.571. The lowest BCUT2D eigenvalue weighted by atomic mass is 9.80. The number of sulfonamides is 1. The number of rotatable bonds is 5. The molecule has 1 aliphatic carbocycles. The highest BCUT2D eigenvalue weighted by molar-refractivity contribution is 7.89. The number of anilines is 1. The van der Waals surface area contributed by atoms with Crippen LogP contribution in [0, 0.1) is 13.8 Å². The summed E-state index contributed by atoms with van der Waals surface area (Å²) in [6.45, 7) is 4.07. The van der Waals surface area contributed by atoms with E-state index in [4.69, 9.17) is 10.5 Å². The minimum Gasteiger partial charge on any atom is -0.398 e. The molecule has 0 aliphatic heterocycles. The van der Waals surface area contributed by atoms with Crippen LogP contribution >= 0.6 is 0 Å². The van der Waals surface area contributed by atoms with Crippen molar-refractivity contribution in [2.24, 2.45) is 0 Å². The number of methoxy groups -OCH3 is 1. The normalized spacial score (nSPS) is 17.8. The van der Waals surface area contributed by atoms with Gasteiger partial charge in [-0.3, -0.25) is 0 Å². The van der Waals surface area contributed by atoms with E-state index in [0.717, 1.165) is 30.4 Å². The second-order valence-corrected chi connectivity index (χ2v) is 7.27. The third-order valence-corrected chi connectivity index (χ3v) is 5.65. The Balaban J connectivity index is 2.20. The predicted octanol–water partition coefficient (Wildman–Crippen LogP) is 1.73. The van der Waals surface area contributed by atoms with Crippen LogP contribution in [0.2, 0.25) is 0 Å². The van der Waals surface area contributed by atoms with Crippen LogP contribution in [0.4, 0.5) is 5.69 Å². The van der Waals surface area contributed by atoms with Crippen molar-refractivity contribution in [3.8, 4) is 0 Å². The van der Waals surface area contributed by atoms with Crippen LogP contribution in [-0.4, -0.2) is 27.7 Å². The maximum atomic E-state index is 12.4. The van der Waals surface area contributed by atoms with Crippen molar-refractivity contribution in [3.63, 3.8) is 0 Å². The SMILES string of the molecule is COC1(CNS(=O)(=O)c2cc(C)c(C)cc2N)CCC1. The zero-order valence-electron chi connectivity index (χ0n) is 12.2. The van der Waals surface area contributed by atoms with E-state index in [1.807, 2.05) is 13.8 Å². The Morgan fingerprint density at radius 1 is 1.30 bits per heavy atom. The van der Waals surface area contributed by atoms with Gasteiger partial charge in [0.15, 0.2) is 0 Å². The lowest BCUT2D eigenvalue weighted by molar-refractivity contribution is -0.0659. The largest absolute Gasteiger partial charge is 0.398 e. The van der Waals surface area contributed by atoms with Gasteiger partial charge in [0.25, 0.3) is 0 Å². The quantitative estimate of drug-likeness (QED) is 0.811. The molecule has 1 aromatic carbocycles. The highest BCUT2D eigenvalue weighted by Gasteiger charge is 2.38. The first-order valence-electron chi connectivity index (χ1n) is 6.71. The summed E-state index contributed by atoms with van der Waals surface area (Å²) in [6, 6.07) is 3.31. The number of ether oxygens (including phenoxy) is 1. The number of aryl methyl sites for hydroxylation is 2. The monoisotopic (exact) mass is 298 g/mol. The maximum Gasteiger partial charge on any atom is 0.242 e. The van der Waals surface area contributed by atoms with Gasteiger partial charge in [0.1, 0.15) is 4.90 Å². The molecular formula is C14H22N2O3S. The number of hydrogen-bond acceptors (Lipinski definition) is 4. The van der Waals surface area contributed by atoms with Crippen LogP contribution in [0.5, 0.6) is 0 Å². The molecule has 0 saturated heterocycles. The summed E-state index contributed by atoms with van der Waals surface area (Å²) in [7, 11) is -1.98. The molecule has 112 valence electrons.